The van der Waals surface area contributed by atoms with Crippen molar-refractivity contribution in [3.05, 3.63) is 81.2 Å². The molecule has 0 saturated carbocycles. The van der Waals surface area contributed by atoms with Crippen LogP contribution in [0.25, 0.3) is 22.2 Å². The number of aromatic nitrogens is 2. The van der Waals surface area contributed by atoms with E-state index in [0.717, 1.165) is 32.3 Å². The predicted molar refractivity (Wildman–Crippen MR) is 112 cm³/mol. The topological polar surface area (TPSA) is 37.8 Å². The molecule has 0 aliphatic rings. The molecule has 0 bridgehead atoms. The number of nitrogens with one attached hydrogen (secondary N) is 1. The lowest BCUT2D eigenvalue weighted by Crippen LogP contribution is -2.00. The van der Waals surface area contributed by atoms with E-state index in [0.29, 0.717) is 16.0 Å². The van der Waals surface area contributed by atoms with E-state index >= 15 is 0 Å². The zero-order chi connectivity index (χ0) is 18.1. The lowest BCUT2D eigenvalue weighted by atomic mass is 10.1. The molecule has 0 atom stereocenters. The van der Waals surface area contributed by atoms with E-state index in [1.807, 2.05) is 66.7 Å². The van der Waals surface area contributed by atoms with Gasteiger partial charge in [0.15, 0.2) is 0 Å². The second-order valence-electron chi connectivity index (χ2n) is 5.64. The van der Waals surface area contributed by atoms with E-state index in [1.54, 1.807) is 0 Å². The SMILES string of the molecule is Clc1ccccc1Nc1nc(-c2ccccc2Cl)c2cc(Br)ccc2n1. The monoisotopic (exact) mass is 443 g/mol. The van der Waals surface area contributed by atoms with Crippen molar-refractivity contribution in [3.8, 4) is 11.3 Å². The molecule has 6 heteroatoms. The number of halogens is 3. The third-order valence-electron chi connectivity index (χ3n) is 3.91. The van der Waals surface area contributed by atoms with Gasteiger partial charge in [-0.1, -0.05) is 69.5 Å². The standard InChI is InChI=1S/C20H12BrCl2N3/c21-12-9-10-17-14(11-12)19(13-5-1-2-6-15(13)22)26-20(24-17)25-18-8-4-3-7-16(18)23/h1-11H,(H,24,25,26). The van der Waals surface area contributed by atoms with Crippen molar-refractivity contribution in [3.63, 3.8) is 0 Å². The number of anilines is 2. The maximum atomic E-state index is 6.42. The van der Waals surface area contributed by atoms with Gasteiger partial charge in [0.2, 0.25) is 5.95 Å². The second-order valence-corrected chi connectivity index (χ2v) is 7.37. The minimum atomic E-state index is 0.461. The highest BCUT2D eigenvalue weighted by molar-refractivity contribution is 9.10. The lowest BCUT2D eigenvalue weighted by molar-refractivity contribution is 1.21. The first-order valence-corrected chi connectivity index (χ1v) is 9.40. The Labute approximate surface area is 169 Å². The first-order chi connectivity index (χ1) is 12.6. The molecule has 0 radical (unpaired) electrons. The van der Waals surface area contributed by atoms with E-state index in [-0.39, 0.29) is 0 Å². The minimum Gasteiger partial charge on any atom is -0.323 e. The van der Waals surface area contributed by atoms with E-state index in [2.05, 4.69) is 26.2 Å². The molecule has 1 N–H and O–H groups in total. The van der Waals surface area contributed by atoms with E-state index in [9.17, 15) is 0 Å². The van der Waals surface area contributed by atoms with Crippen molar-refractivity contribution in [2.24, 2.45) is 0 Å². The van der Waals surface area contributed by atoms with Gasteiger partial charge < -0.3 is 5.32 Å². The summed E-state index contributed by atoms with van der Waals surface area (Å²) < 4.78 is 0.953. The summed E-state index contributed by atoms with van der Waals surface area (Å²) in [6, 6.07) is 21.0. The fourth-order valence-electron chi connectivity index (χ4n) is 2.70. The number of nitrogens with zero attached hydrogens (tertiary/aromatic N) is 2. The molecule has 3 nitrogen and oxygen atoms in total. The van der Waals surface area contributed by atoms with E-state index in [4.69, 9.17) is 28.2 Å². The summed E-state index contributed by atoms with van der Waals surface area (Å²) in [5, 5.41) is 5.35. The van der Waals surface area contributed by atoms with Gasteiger partial charge in [0.05, 0.1) is 21.9 Å². The Morgan fingerprint density at radius 2 is 1.54 bits per heavy atom. The Morgan fingerprint density at radius 1 is 0.808 bits per heavy atom. The van der Waals surface area contributed by atoms with Crippen LogP contribution in [0.15, 0.2) is 71.2 Å². The Balaban J connectivity index is 1.92. The molecule has 26 heavy (non-hydrogen) atoms. The Bertz CT molecular complexity index is 1120. The molecule has 1 aromatic heterocycles. The van der Waals surface area contributed by atoms with Crippen LogP contribution in [-0.4, -0.2) is 9.97 Å². The minimum absolute atomic E-state index is 0.461. The first kappa shape index (κ1) is 17.3. The largest absolute Gasteiger partial charge is 0.323 e. The molecular formula is C20H12BrCl2N3. The molecule has 4 aromatic rings. The molecule has 0 fully saturated rings. The normalized spacial score (nSPS) is 10.9. The van der Waals surface area contributed by atoms with Gasteiger partial charge in [0.1, 0.15) is 0 Å². The molecule has 128 valence electrons. The number of rotatable bonds is 3. The number of hydrogen-bond acceptors (Lipinski definition) is 3. The Morgan fingerprint density at radius 3 is 2.31 bits per heavy atom. The average Bonchev–Trinajstić information content (AvgIpc) is 2.64. The zero-order valence-electron chi connectivity index (χ0n) is 13.4. The van der Waals surface area contributed by atoms with Crippen molar-refractivity contribution < 1.29 is 0 Å². The van der Waals surface area contributed by atoms with E-state index < -0.39 is 0 Å². The zero-order valence-corrected chi connectivity index (χ0v) is 16.5. The number of para-hydroxylation sites is 1. The molecule has 0 spiro atoms. The molecule has 4 rings (SSSR count). The molecule has 3 aromatic carbocycles. The fraction of sp³-hybridized carbons (Fsp3) is 0. The van der Waals surface area contributed by atoms with Gasteiger partial charge in [0.25, 0.3) is 0 Å². The predicted octanol–water partition coefficient (Wildman–Crippen LogP) is 7.11. The lowest BCUT2D eigenvalue weighted by Gasteiger charge is -2.12. The molecule has 1 heterocycles. The molecule has 0 unspecified atom stereocenters. The van der Waals surface area contributed by atoms with Crippen molar-refractivity contribution in [1.29, 1.82) is 0 Å². The molecular weight excluding hydrogens is 433 g/mol. The second kappa shape index (κ2) is 7.23. The highest BCUT2D eigenvalue weighted by Crippen LogP contribution is 2.34. The maximum Gasteiger partial charge on any atom is 0.228 e. The molecule has 0 saturated heterocycles. The van der Waals surface area contributed by atoms with Crippen LogP contribution in [-0.2, 0) is 0 Å². The van der Waals surface area contributed by atoms with Gasteiger partial charge >= 0.3 is 0 Å². The van der Waals surface area contributed by atoms with Crippen LogP contribution in [0.2, 0.25) is 10.0 Å². The van der Waals surface area contributed by atoms with Gasteiger partial charge in [-0.05, 0) is 36.4 Å². The number of benzene rings is 3. The fourth-order valence-corrected chi connectivity index (χ4v) is 3.47. The van der Waals surface area contributed by atoms with Crippen molar-refractivity contribution >= 4 is 61.7 Å². The summed E-state index contributed by atoms with van der Waals surface area (Å²) in [5.74, 6) is 0.461. The van der Waals surface area contributed by atoms with Crippen LogP contribution in [0, 0.1) is 0 Å². The van der Waals surface area contributed by atoms with Crippen LogP contribution in [0.1, 0.15) is 0 Å². The van der Waals surface area contributed by atoms with Gasteiger partial charge in [-0.3, -0.25) is 0 Å². The Hall–Kier alpha value is -2.14. The summed E-state index contributed by atoms with van der Waals surface area (Å²) in [7, 11) is 0. The third-order valence-corrected chi connectivity index (χ3v) is 5.06. The number of hydrogen-bond donors (Lipinski definition) is 1. The quantitative estimate of drug-likeness (QED) is 0.365. The smallest absolute Gasteiger partial charge is 0.228 e. The van der Waals surface area contributed by atoms with Crippen LogP contribution >= 0.6 is 39.1 Å². The average molecular weight is 445 g/mol. The highest BCUT2D eigenvalue weighted by Gasteiger charge is 2.13. The van der Waals surface area contributed by atoms with Crippen LogP contribution in [0.5, 0.6) is 0 Å². The van der Waals surface area contributed by atoms with Crippen molar-refractivity contribution in [1.82, 2.24) is 9.97 Å². The summed E-state index contributed by atoms with van der Waals surface area (Å²) >= 11 is 16.2. The summed E-state index contributed by atoms with van der Waals surface area (Å²) in [4.78, 5) is 9.35. The molecule has 0 aliphatic carbocycles. The maximum absolute atomic E-state index is 6.42. The molecule has 0 aliphatic heterocycles. The Kier molecular flexibility index (Phi) is 4.81. The van der Waals surface area contributed by atoms with Crippen LogP contribution < -0.4 is 5.32 Å². The third kappa shape index (κ3) is 3.40. The van der Waals surface area contributed by atoms with Gasteiger partial charge in [-0.25, -0.2) is 9.97 Å². The van der Waals surface area contributed by atoms with Crippen molar-refractivity contribution in [2.75, 3.05) is 5.32 Å². The van der Waals surface area contributed by atoms with Gasteiger partial charge in [0, 0.05) is 20.4 Å². The van der Waals surface area contributed by atoms with Crippen LogP contribution in [0.4, 0.5) is 11.6 Å². The molecule has 0 amide bonds. The highest BCUT2D eigenvalue weighted by atomic mass is 79.9. The van der Waals surface area contributed by atoms with E-state index in [1.165, 1.54) is 0 Å². The van der Waals surface area contributed by atoms with Gasteiger partial charge in [-0.15, -0.1) is 0 Å². The summed E-state index contributed by atoms with van der Waals surface area (Å²) in [6.45, 7) is 0. The summed E-state index contributed by atoms with van der Waals surface area (Å²) in [5.41, 5.74) is 3.17. The van der Waals surface area contributed by atoms with Gasteiger partial charge in [-0.2, -0.15) is 0 Å². The first-order valence-electron chi connectivity index (χ1n) is 7.85. The van der Waals surface area contributed by atoms with Crippen molar-refractivity contribution in [2.45, 2.75) is 0 Å². The number of fused-ring (bicyclic) bond motifs is 1. The summed E-state index contributed by atoms with van der Waals surface area (Å²) in [6.07, 6.45) is 0. The van der Waals surface area contributed by atoms with Crippen LogP contribution in [0.3, 0.4) is 0 Å².